The zero-order chi connectivity index (χ0) is 8.69. The summed E-state index contributed by atoms with van der Waals surface area (Å²) >= 11 is 0. The minimum Gasteiger partial charge on any atom is -0.430 e. The van der Waals surface area contributed by atoms with Crippen molar-refractivity contribution < 1.29 is 19.4 Å². The van der Waals surface area contributed by atoms with Crippen LogP contribution in [0.15, 0.2) is 25.3 Å². The second-order valence-corrected chi connectivity index (χ2v) is 1.59. The van der Waals surface area contributed by atoms with E-state index in [9.17, 15) is 4.79 Å². The molecule has 0 aliphatic heterocycles. The molecule has 0 aromatic heterocycles. The van der Waals surface area contributed by atoms with Crippen molar-refractivity contribution in [2.45, 2.75) is 6.29 Å². The number of carbonyl (C=O) groups is 1. The number of aliphatic hydroxyl groups is 1. The number of aliphatic hydroxyl groups excluding tert-OH is 1. The van der Waals surface area contributed by atoms with Gasteiger partial charge < -0.3 is 14.6 Å². The summed E-state index contributed by atoms with van der Waals surface area (Å²) < 4.78 is 8.61. The Morgan fingerprint density at radius 3 is 2.73 bits per heavy atom. The lowest BCUT2D eigenvalue weighted by molar-refractivity contribution is -0.0481. The third-order valence-corrected chi connectivity index (χ3v) is 0.738. The Morgan fingerprint density at radius 2 is 2.27 bits per heavy atom. The summed E-state index contributed by atoms with van der Waals surface area (Å²) in [6.45, 7) is 6.57. The van der Waals surface area contributed by atoms with E-state index in [1.165, 1.54) is 6.08 Å². The molecule has 11 heavy (non-hydrogen) atoms. The highest BCUT2D eigenvalue weighted by molar-refractivity contribution is 5.60. The van der Waals surface area contributed by atoms with E-state index < -0.39 is 12.4 Å². The lowest BCUT2D eigenvalue weighted by Gasteiger charge is -2.06. The van der Waals surface area contributed by atoms with E-state index in [2.05, 4.69) is 22.6 Å². The number of ether oxygens (including phenoxy) is 2. The van der Waals surface area contributed by atoms with Crippen LogP contribution in [-0.4, -0.2) is 24.2 Å². The Morgan fingerprint density at radius 1 is 1.64 bits per heavy atom. The molecule has 0 aromatic carbocycles. The predicted octanol–water partition coefficient (Wildman–Crippen LogP) is 0.830. The number of hydrogen-bond acceptors (Lipinski definition) is 4. The quantitative estimate of drug-likeness (QED) is 0.374. The first-order valence-electron chi connectivity index (χ1n) is 2.95. The molecule has 4 heteroatoms. The van der Waals surface area contributed by atoms with E-state index in [-0.39, 0.29) is 6.61 Å². The Labute approximate surface area is 64.7 Å². The van der Waals surface area contributed by atoms with Crippen LogP contribution in [0.3, 0.4) is 0 Å². The fourth-order valence-corrected chi connectivity index (χ4v) is 0.308. The average Bonchev–Trinajstić information content (AvgIpc) is 2.00. The standard InChI is InChI=1S/C7H10O4/c1-3-5-10-7(9)11-6(8)4-2/h3-4,6,8H,1-2,5H2. The van der Waals surface area contributed by atoms with Crippen molar-refractivity contribution >= 4 is 6.16 Å². The highest BCUT2D eigenvalue weighted by Crippen LogP contribution is 1.91. The maximum atomic E-state index is 10.5. The smallest absolute Gasteiger partial charge is 0.430 e. The molecule has 0 fully saturated rings. The third-order valence-electron chi connectivity index (χ3n) is 0.738. The zero-order valence-corrected chi connectivity index (χ0v) is 6.03. The van der Waals surface area contributed by atoms with Crippen molar-refractivity contribution in [3.63, 3.8) is 0 Å². The lowest BCUT2D eigenvalue weighted by Crippen LogP contribution is -2.15. The summed E-state index contributed by atoms with van der Waals surface area (Å²) in [5.74, 6) is 0. The summed E-state index contributed by atoms with van der Waals surface area (Å²) in [7, 11) is 0. The number of carbonyl (C=O) groups excluding carboxylic acids is 1. The van der Waals surface area contributed by atoms with Gasteiger partial charge in [0.25, 0.3) is 0 Å². The monoisotopic (exact) mass is 158 g/mol. The molecular weight excluding hydrogens is 148 g/mol. The molecule has 0 heterocycles. The second kappa shape index (κ2) is 5.49. The van der Waals surface area contributed by atoms with Gasteiger partial charge in [-0.05, 0) is 6.08 Å². The summed E-state index contributed by atoms with van der Waals surface area (Å²) in [5.41, 5.74) is 0. The summed E-state index contributed by atoms with van der Waals surface area (Å²) in [5, 5.41) is 8.66. The van der Waals surface area contributed by atoms with E-state index >= 15 is 0 Å². The molecule has 0 amide bonds. The molecule has 0 aliphatic carbocycles. The van der Waals surface area contributed by atoms with Crippen LogP contribution in [0.4, 0.5) is 4.79 Å². The summed E-state index contributed by atoms with van der Waals surface area (Å²) in [6, 6.07) is 0. The van der Waals surface area contributed by atoms with E-state index in [0.717, 1.165) is 6.08 Å². The lowest BCUT2D eigenvalue weighted by atomic mass is 10.6. The molecular formula is C7H10O4. The first kappa shape index (κ1) is 9.71. The van der Waals surface area contributed by atoms with Crippen LogP contribution in [0.1, 0.15) is 0 Å². The number of rotatable bonds is 4. The molecule has 0 spiro atoms. The highest BCUT2D eigenvalue weighted by Gasteiger charge is 2.06. The number of hydrogen-bond donors (Lipinski definition) is 1. The molecule has 0 rings (SSSR count). The maximum absolute atomic E-state index is 10.5. The van der Waals surface area contributed by atoms with Crippen LogP contribution in [0.2, 0.25) is 0 Å². The average molecular weight is 158 g/mol. The molecule has 0 aliphatic rings. The molecule has 0 aromatic rings. The van der Waals surface area contributed by atoms with Crippen molar-refractivity contribution in [3.05, 3.63) is 25.3 Å². The van der Waals surface area contributed by atoms with Crippen LogP contribution in [0.5, 0.6) is 0 Å². The van der Waals surface area contributed by atoms with Gasteiger partial charge in [0.15, 0.2) is 0 Å². The van der Waals surface area contributed by atoms with Gasteiger partial charge in [-0.25, -0.2) is 4.79 Å². The van der Waals surface area contributed by atoms with Crippen LogP contribution < -0.4 is 0 Å². The van der Waals surface area contributed by atoms with Gasteiger partial charge in [-0.15, -0.1) is 0 Å². The molecule has 0 saturated heterocycles. The molecule has 62 valence electrons. The van der Waals surface area contributed by atoms with Crippen molar-refractivity contribution in [1.29, 1.82) is 0 Å². The van der Waals surface area contributed by atoms with E-state index in [1.807, 2.05) is 0 Å². The topological polar surface area (TPSA) is 55.8 Å². The molecule has 0 bridgehead atoms. The molecule has 1 unspecified atom stereocenters. The van der Waals surface area contributed by atoms with Crippen LogP contribution in [-0.2, 0) is 9.47 Å². The first-order valence-corrected chi connectivity index (χ1v) is 2.95. The van der Waals surface area contributed by atoms with Crippen LogP contribution >= 0.6 is 0 Å². The van der Waals surface area contributed by atoms with E-state index in [4.69, 9.17) is 5.11 Å². The van der Waals surface area contributed by atoms with Gasteiger partial charge in [-0.2, -0.15) is 0 Å². The van der Waals surface area contributed by atoms with Crippen molar-refractivity contribution in [1.82, 2.24) is 0 Å². The molecule has 0 saturated carbocycles. The third kappa shape index (κ3) is 5.17. The van der Waals surface area contributed by atoms with Gasteiger partial charge in [0.05, 0.1) is 0 Å². The fourth-order valence-electron chi connectivity index (χ4n) is 0.308. The van der Waals surface area contributed by atoms with Gasteiger partial charge >= 0.3 is 6.16 Å². The Bertz CT molecular complexity index is 153. The van der Waals surface area contributed by atoms with E-state index in [0.29, 0.717) is 0 Å². The van der Waals surface area contributed by atoms with Gasteiger partial charge in [-0.1, -0.05) is 19.2 Å². The minimum absolute atomic E-state index is 0.0582. The highest BCUT2D eigenvalue weighted by atomic mass is 16.8. The molecule has 4 nitrogen and oxygen atoms in total. The maximum Gasteiger partial charge on any atom is 0.511 e. The SMILES string of the molecule is C=CCOC(=O)OC(O)C=C. The van der Waals surface area contributed by atoms with Crippen molar-refractivity contribution in [2.24, 2.45) is 0 Å². The van der Waals surface area contributed by atoms with Crippen LogP contribution in [0, 0.1) is 0 Å². The summed E-state index contributed by atoms with van der Waals surface area (Å²) in [6.07, 6.45) is 0.195. The fraction of sp³-hybridized carbons (Fsp3) is 0.286. The molecule has 1 atom stereocenters. The van der Waals surface area contributed by atoms with Gasteiger partial charge in [0.2, 0.25) is 6.29 Å². The van der Waals surface area contributed by atoms with Gasteiger partial charge in [0, 0.05) is 0 Å². The Hall–Kier alpha value is -1.29. The first-order chi connectivity index (χ1) is 5.20. The Kier molecular flexibility index (Phi) is 4.85. The van der Waals surface area contributed by atoms with Crippen molar-refractivity contribution in [3.8, 4) is 0 Å². The van der Waals surface area contributed by atoms with Gasteiger partial charge in [0.1, 0.15) is 6.61 Å². The van der Waals surface area contributed by atoms with E-state index in [1.54, 1.807) is 0 Å². The zero-order valence-electron chi connectivity index (χ0n) is 6.03. The normalized spacial score (nSPS) is 11.4. The predicted molar refractivity (Wildman–Crippen MR) is 38.8 cm³/mol. The largest absolute Gasteiger partial charge is 0.511 e. The Balaban J connectivity index is 3.51. The van der Waals surface area contributed by atoms with Crippen molar-refractivity contribution in [2.75, 3.05) is 6.61 Å². The van der Waals surface area contributed by atoms with Gasteiger partial charge in [-0.3, -0.25) is 0 Å². The minimum atomic E-state index is -1.31. The molecule has 0 radical (unpaired) electrons. The second-order valence-electron chi connectivity index (χ2n) is 1.59. The van der Waals surface area contributed by atoms with Crippen LogP contribution in [0.25, 0.3) is 0 Å². The molecule has 1 N–H and O–H groups in total. The summed E-state index contributed by atoms with van der Waals surface area (Å²) in [4.78, 5) is 10.5.